The lowest BCUT2D eigenvalue weighted by molar-refractivity contribution is 0.177. The van der Waals surface area contributed by atoms with Gasteiger partial charge in [-0.3, -0.25) is 0 Å². The van der Waals surface area contributed by atoms with Crippen LogP contribution >= 0.6 is 11.3 Å². The van der Waals surface area contributed by atoms with E-state index in [9.17, 15) is 18.7 Å². The van der Waals surface area contributed by atoms with Gasteiger partial charge in [0.15, 0.2) is 0 Å². The van der Waals surface area contributed by atoms with Gasteiger partial charge in [0.25, 0.3) is 0 Å². The zero-order valence-electron chi connectivity index (χ0n) is 12.4. The molecule has 3 N–H and O–H groups in total. The number of rotatable bonds is 4. The lowest BCUT2D eigenvalue weighted by atomic mass is 10.1. The molecule has 0 radical (unpaired) electrons. The highest BCUT2D eigenvalue weighted by atomic mass is 32.1. The first kappa shape index (κ1) is 16.4. The Labute approximate surface area is 140 Å². The Morgan fingerprint density at radius 3 is 2.58 bits per heavy atom. The fourth-order valence-electron chi connectivity index (χ4n) is 2.33. The van der Waals surface area contributed by atoms with E-state index < -0.39 is 29.5 Å². The summed E-state index contributed by atoms with van der Waals surface area (Å²) in [6.45, 7) is -0.0807. The molecule has 3 rings (SSSR count). The van der Waals surface area contributed by atoms with Gasteiger partial charge in [0.1, 0.15) is 17.3 Å². The van der Waals surface area contributed by atoms with Crippen LogP contribution in [0.3, 0.4) is 0 Å². The second-order valence-corrected chi connectivity index (χ2v) is 6.05. The summed E-state index contributed by atoms with van der Waals surface area (Å²) in [7, 11) is 0. The van der Waals surface area contributed by atoms with Gasteiger partial charge in [-0.2, -0.15) is 0 Å². The lowest BCUT2D eigenvalue weighted by Gasteiger charge is -2.13. The predicted molar refractivity (Wildman–Crippen MR) is 90.2 cm³/mol. The quantitative estimate of drug-likeness (QED) is 0.666. The number of hydrogen-bond donors (Lipinski definition) is 3. The number of hydrogen-bond acceptors (Lipinski definition) is 3. The molecule has 1 heterocycles. The van der Waals surface area contributed by atoms with Crippen molar-refractivity contribution >= 4 is 33.1 Å². The number of carbonyl (C=O) groups is 1. The topological polar surface area (TPSA) is 61.4 Å². The second-order valence-electron chi connectivity index (χ2n) is 5.13. The molecule has 0 fully saturated rings. The fourth-order valence-corrected chi connectivity index (χ4v) is 3.34. The predicted octanol–water partition coefficient (Wildman–Crippen LogP) is 4.03. The molecule has 2 aromatic carbocycles. The Hall–Kier alpha value is -2.51. The van der Waals surface area contributed by atoms with Crippen LogP contribution in [0.15, 0.2) is 47.8 Å². The number of anilines is 1. The van der Waals surface area contributed by atoms with Crippen LogP contribution in [0.5, 0.6) is 0 Å². The number of aliphatic hydroxyl groups excluding tert-OH is 1. The monoisotopic (exact) mass is 348 g/mol. The standard InChI is InChI=1S/C17H14F2N2O2S/c18-12-5-3-6-13(19)16(12)21-17(23)20-8-14(22)11-9-24-15-7-2-1-4-10(11)15/h1-7,9,14,22H,8H2,(H2,20,21,23). The fraction of sp³-hybridized carbons (Fsp3) is 0.118. The molecular formula is C17H14F2N2O2S. The zero-order chi connectivity index (χ0) is 17.1. The Morgan fingerprint density at radius 2 is 1.83 bits per heavy atom. The Bertz CT molecular complexity index is 862. The van der Waals surface area contributed by atoms with Crippen molar-refractivity contribution < 1.29 is 18.7 Å². The van der Waals surface area contributed by atoms with Crippen LogP contribution in [-0.4, -0.2) is 17.7 Å². The number of para-hydroxylation sites is 1. The van der Waals surface area contributed by atoms with Crippen LogP contribution < -0.4 is 10.6 Å². The molecule has 4 nitrogen and oxygen atoms in total. The highest BCUT2D eigenvalue weighted by Crippen LogP contribution is 2.29. The van der Waals surface area contributed by atoms with Crippen LogP contribution in [0.2, 0.25) is 0 Å². The van der Waals surface area contributed by atoms with E-state index in [1.54, 1.807) is 0 Å². The van der Waals surface area contributed by atoms with Crippen LogP contribution in [-0.2, 0) is 0 Å². The molecule has 0 spiro atoms. The Balaban J connectivity index is 1.64. The maximum atomic E-state index is 13.5. The smallest absolute Gasteiger partial charge is 0.319 e. The van der Waals surface area contributed by atoms with Gasteiger partial charge in [0.2, 0.25) is 0 Å². The normalized spacial score (nSPS) is 12.1. The molecule has 0 saturated carbocycles. The number of fused-ring (bicyclic) bond motifs is 1. The first-order valence-corrected chi connectivity index (χ1v) is 8.07. The Morgan fingerprint density at radius 1 is 1.12 bits per heavy atom. The highest BCUT2D eigenvalue weighted by Gasteiger charge is 2.16. The average molecular weight is 348 g/mol. The van der Waals surface area contributed by atoms with Crippen molar-refractivity contribution in [3.05, 3.63) is 65.0 Å². The molecule has 0 bridgehead atoms. The van der Waals surface area contributed by atoms with Crippen LogP contribution in [0.4, 0.5) is 19.3 Å². The van der Waals surface area contributed by atoms with E-state index in [-0.39, 0.29) is 6.54 Å². The van der Waals surface area contributed by atoms with Crippen molar-refractivity contribution in [3.63, 3.8) is 0 Å². The summed E-state index contributed by atoms with van der Waals surface area (Å²) in [5.74, 6) is -1.73. The number of benzene rings is 2. The maximum absolute atomic E-state index is 13.5. The Kier molecular flexibility index (Phi) is 4.73. The van der Waals surface area contributed by atoms with Gasteiger partial charge >= 0.3 is 6.03 Å². The van der Waals surface area contributed by atoms with Gasteiger partial charge in [0.05, 0.1) is 6.10 Å². The number of amides is 2. The largest absolute Gasteiger partial charge is 0.387 e. The summed E-state index contributed by atoms with van der Waals surface area (Å²) < 4.78 is 28.0. The summed E-state index contributed by atoms with van der Waals surface area (Å²) >= 11 is 1.50. The molecule has 2 amide bonds. The molecule has 1 unspecified atom stereocenters. The van der Waals surface area contributed by atoms with Crippen molar-refractivity contribution in [1.29, 1.82) is 0 Å². The molecule has 0 aliphatic carbocycles. The van der Waals surface area contributed by atoms with Gasteiger partial charge in [-0.05, 0) is 29.0 Å². The van der Waals surface area contributed by atoms with Crippen molar-refractivity contribution in [3.8, 4) is 0 Å². The number of carbonyl (C=O) groups excluding carboxylic acids is 1. The van der Waals surface area contributed by atoms with Crippen molar-refractivity contribution in [2.45, 2.75) is 6.10 Å². The van der Waals surface area contributed by atoms with Gasteiger partial charge in [-0.25, -0.2) is 13.6 Å². The summed E-state index contributed by atoms with van der Waals surface area (Å²) in [5.41, 5.74) is 0.179. The van der Waals surface area contributed by atoms with Gasteiger partial charge in [-0.15, -0.1) is 11.3 Å². The minimum absolute atomic E-state index is 0.0807. The van der Waals surface area contributed by atoms with Crippen LogP contribution in [0.25, 0.3) is 10.1 Å². The van der Waals surface area contributed by atoms with Crippen molar-refractivity contribution in [1.82, 2.24) is 5.32 Å². The minimum atomic E-state index is -0.919. The van der Waals surface area contributed by atoms with Crippen molar-refractivity contribution in [2.24, 2.45) is 0 Å². The molecular weight excluding hydrogens is 334 g/mol. The zero-order valence-corrected chi connectivity index (χ0v) is 13.2. The van der Waals surface area contributed by atoms with Gasteiger partial charge in [0, 0.05) is 16.8 Å². The van der Waals surface area contributed by atoms with E-state index in [1.165, 1.54) is 17.4 Å². The number of urea groups is 1. The number of nitrogens with one attached hydrogen (secondary N) is 2. The second kappa shape index (κ2) is 6.94. The van der Waals surface area contributed by atoms with Crippen LogP contribution in [0.1, 0.15) is 11.7 Å². The molecule has 0 aliphatic rings. The van der Waals surface area contributed by atoms with Crippen LogP contribution in [0, 0.1) is 11.6 Å². The third-order valence-corrected chi connectivity index (χ3v) is 4.51. The number of halogens is 2. The highest BCUT2D eigenvalue weighted by molar-refractivity contribution is 7.17. The number of thiophene rings is 1. The third kappa shape index (κ3) is 3.37. The van der Waals surface area contributed by atoms with E-state index in [0.29, 0.717) is 5.56 Å². The van der Waals surface area contributed by atoms with E-state index in [2.05, 4.69) is 10.6 Å². The number of aliphatic hydroxyl groups is 1. The van der Waals surface area contributed by atoms with E-state index >= 15 is 0 Å². The molecule has 124 valence electrons. The van der Waals surface area contributed by atoms with E-state index in [1.807, 2.05) is 29.6 Å². The molecule has 1 atom stereocenters. The SMILES string of the molecule is O=C(NCC(O)c1csc2ccccc12)Nc1c(F)cccc1F. The molecule has 24 heavy (non-hydrogen) atoms. The maximum Gasteiger partial charge on any atom is 0.319 e. The minimum Gasteiger partial charge on any atom is -0.387 e. The van der Waals surface area contributed by atoms with Gasteiger partial charge < -0.3 is 15.7 Å². The van der Waals surface area contributed by atoms with E-state index in [0.717, 1.165) is 22.2 Å². The first-order chi connectivity index (χ1) is 11.6. The molecule has 0 aliphatic heterocycles. The molecule has 1 aromatic heterocycles. The molecule has 0 saturated heterocycles. The summed E-state index contributed by atoms with van der Waals surface area (Å²) in [5, 5.41) is 17.5. The summed E-state index contributed by atoms with van der Waals surface area (Å²) in [4.78, 5) is 11.8. The summed E-state index contributed by atoms with van der Waals surface area (Å²) in [6.07, 6.45) is -0.919. The van der Waals surface area contributed by atoms with E-state index in [4.69, 9.17) is 0 Å². The first-order valence-electron chi connectivity index (χ1n) is 7.19. The van der Waals surface area contributed by atoms with Crippen molar-refractivity contribution in [2.75, 3.05) is 11.9 Å². The van der Waals surface area contributed by atoms with Gasteiger partial charge in [-0.1, -0.05) is 24.3 Å². The lowest BCUT2D eigenvalue weighted by Crippen LogP contribution is -2.32. The average Bonchev–Trinajstić information content (AvgIpc) is 3.00. The molecule has 3 aromatic rings. The summed E-state index contributed by atoms with van der Waals surface area (Å²) in [6, 6.07) is 10.1. The third-order valence-electron chi connectivity index (χ3n) is 3.53. The molecule has 7 heteroatoms.